The van der Waals surface area contributed by atoms with Crippen molar-refractivity contribution in [2.45, 2.75) is 32.7 Å². The van der Waals surface area contributed by atoms with E-state index in [-0.39, 0.29) is 6.61 Å². The van der Waals surface area contributed by atoms with Crippen molar-refractivity contribution >= 4 is 0 Å². The van der Waals surface area contributed by atoms with Crippen molar-refractivity contribution in [1.82, 2.24) is 5.32 Å². The summed E-state index contributed by atoms with van der Waals surface area (Å²) in [6, 6.07) is 7.55. The first kappa shape index (κ1) is 15.8. The number of benzene rings is 1. The summed E-state index contributed by atoms with van der Waals surface area (Å²) in [5.74, 6) is 1.55. The number of hydrogen-bond acceptors (Lipinski definition) is 4. The highest BCUT2D eigenvalue weighted by atomic mass is 16.5. The van der Waals surface area contributed by atoms with E-state index in [9.17, 15) is 5.11 Å². The smallest absolute Gasteiger partial charge is 0.123 e. The summed E-state index contributed by atoms with van der Waals surface area (Å²) >= 11 is 0. The van der Waals surface area contributed by atoms with E-state index in [0.717, 1.165) is 24.5 Å². The van der Waals surface area contributed by atoms with Crippen LogP contribution in [0, 0.1) is 0 Å². The normalized spacial score (nSPS) is 13.9. The summed E-state index contributed by atoms with van der Waals surface area (Å²) in [6.45, 7) is 7.95. The zero-order valence-corrected chi connectivity index (χ0v) is 12.1. The third-order valence-corrected chi connectivity index (χ3v) is 2.82. The van der Waals surface area contributed by atoms with Crippen LogP contribution in [0.1, 0.15) is 27.2 Å². The molecule has 0 heterocycles. The lowest BCUT2D eigenvalue weighted by molar-refractivity contribution is 0.116. The Kier molecular flexibility index (Phi) is 6.67. The summed E-state index contributed by atoms with van der Waals surface area (Å²) in [4.78, 5) is 0. The molecular formula is C15H25NO3. The van der Waals surface area contributed by atoms with E-state index in [2.05, 4.69) is 12.2 Å². The van der Waals surface area contributed by atoms with Crippen molar-refractivity contribution in [2.75, 3.05) is 26.4 Å². The zero-order chi connectivity index (χ0) is 14.1. The van der Waals surface area contributed by atoms with E-state index in [1.54, 1.807) is 0 Å². The molecule has 0 bridgehead atoms. The molecule has 2 N–H and O–H groups in total. The first-order chi connectivity index (χ1) is 9.13. The fraction of sp³-hybridized carbons (Fsp3) is 0.600. The van der Waals surface area contributed by atoms with Gasteiger partial charge in [0.25, 0.3) is 0 Å². The molecule has 0 aliphatic heterocycles. The molecule has 0 amide bonds. The number of ether oxygens (including phenoxy) is 2. The molecule has 1 aromatic rings. The number of aliphatic hydroxyl groups excluding tert-OH is 1. The first-order valence-electron chi connectivity index (χ1n) is 6.85. The van der Waals surface area contributed by atoms with Gasteiger partial charge < -0.3 is 19.9 Å². The van der Waals surface area contributed by atoms with Gasteiger partial charge >= 0.3 is 0 Å². The van der Waals surface area contributed by atoms with Gasteiger partial charge in [-0.1, -0.05) is 13.0 Å². The molecule has 0 saturated carbocycles. The molecule has 0 spiro atoms. The van der Waals surface area contributed by atoms with E-state index in [1.807, 2.05) is 38.1 Å². The molecule has 1 rings (SSSR count). The number of rotatable bonds is 9. The minimum atomic E-state index is -0.419. The third-order valence-electron chi connectivity index (χ3n) is 2.82. The molecule has 0 radical (unpaired) electrons. The molecule has 4 heteroatoms. The number of aliphatic hydroxyl groups is 1. The Morgan fingerprint density at radius 2 is 1.89 bits per heavy atom. The molecule has 1 aromatic carbocycles. The van der Waals surface area contributed by atoms with Crippen LogP contribution in [0.15, 0.2) is 24.3 Å². The maximum atomic E-state index is 9.46. The monoisotopic (exact) mass is 267 g/mol. The van der Waals surface area contributed by atoms with E-state index >= 15 is 0 Å². The third kappa shape index (κ3) is 5.49. The molecule has 0 saturated heterocycles. The van der Waals surface area contributed by atoms with Crippen LogP contribution >= 0.6 is 0 Å². The summed E-state index contributed by atoms with van der Waals surface area (Å²) < 4.78 is 11.2. The topological polar surface area (TPSA) is 50.7 Å². The first-order valence-corrected chi connectivity index (χ1v) is 6.85. The maximum Gasteiger partial charge on any atom is 0.123 e. The molecule has 19 heavy (non-hydrogen) atoms. The molecule has 0 aromatic heterocycles. The Morgan fingerprint density at radius 3 is 2.47 bits per heavy atom. The highest BCUT2D eigenvalue weighted by Gasteiger charge is 2.23. The summed E-state index contributed by atoms with van der Waals surface area (Å²) in [7, 11) is 0. The van der Waals surface area contributed by atoms with E-state index in [0.29, 0.717) is 13.2 Å². The quantitative estimate of drug-likeness (QED) is 0.720. The van der Waals surface area contributed by atoms with E-state index in [4.69, 9.17) is 9.47 Å². The molecule has 0 aliphatic rings. The predicted molar refractivity (Wildman–Crippen MR) is 76.9 cm³/mol. The number of hydrogen-bond donors (Lipinski definition) is 2. The Bertz CT molecular complexity index is 370. The SMILES string of the molecule is CCCNC(C)(CO)COc1cccc(OCC)c1. The van der Waals surface area contributed by atoms with Crippen LogP contribution in [-0.2, 0) is 0 Å². The van der Waals surface area contributed by atoms with Crippen molar-refractivity contribution in [3.8, 4) is 11.5 Å². The molecular weight excluding hydrogens is 242 g/mol. The van der Waals surface area contributed by atoms with E-state index in [1.165, 1.54) is 0 Å². The molecule has 1 atom stereocenters. The Hall–Kier alpha value is -1.26. The molecule has 4 nitrogen and oxygen atoms in total. The lowest BCUT2D eigenvalue weighted by Gasteiger charge is -2.28. The van der Waals surface area contributed by atoms with Crippen LogP contribution in [0.25, 0.3) is 0 Å². The average Bonchev–Trinajstić information content (AvgIpc) is 2.44. The van der Waals surface area contributed by atoms with Gasteiger partial charge in [-0.3, -0.25) is 0 Å². The van der Waals surface area contributed by atoms with Crippen molar-refractivity contribution in [3.05, 3.63) is 24.3 Å². The second-order valence-corrected chi connectivity index (χ2v) is 4.84. The highest BCUT2D eigenvalue weighted by Crippen LogP contribution is 2.20. The molecule has 1 unspecified atom stereocenters. The fourth-order valence-electron chi connectivity index (χ4n) is 1.64. The molecule has 0 aliphatic carbocycles. The lowest BCUT2D eigenvalue weighted by Crippen LogP contribution is -2.50. The average molecular weight is 267 g/mol. The number of nitrogens with one attached hydrogen (secondary N) is 1. The van der Waals surface area contributed by atoms with Crippen molar-refractivity contribution in [2.24, 2.45) is 0 Å². The molecule has 108 valence electrons. The van der Waals surface area contributed by atoms with Crippen LogP contribution in [0.2, 0.25) is 0 Å². The summed E-state index contributed by atoms with van der Waals surface area (Å²) in [5, 5.41) is 12.8. The van der Waals surface area contributed by atoms with Gasteiger partial charge in [-0.25, -0.2) is 0 Å². The van der Waals surface area contributed by atoms with Gasteiger partial charge in [-0.05, 0) is 38.9 Å². The maximum absolute atomic E-state index is 9.46. The minimum Gasteiger partial charge on any atom is -0.494 e. The Labute approximate surface area is 115 Å². The van der Waals surface area contributed by atoms with Crippen molar-refractivity contribution < 1.29 is 14.6 Å². The van der Waals surface area contributed by atoms with Gasteiger partial charge in [0.1, 0.15) is 18.1 Å². The van der Waals surface area contributed by atoms with Crippen LogP contribution < -0.4 is 14.8 Å². The minimum absolute atomic E-state index is 0.0398. The lowest BCUT2D eigenvalue weighted by atomic mass is 10.1. The Morgan fingerprint density at radius 1 is 1.21 bits per heavy atom. The van der Waals surface area contributed by atoms with Gasteiger partial charge in [0.2, 0.25) is 0 Å². The molecule has 0 fully saturated rings. The van der Waals surface area contributed by atoms with Gasteiger partial charge in [-0.15, -0.1) is 0 Å². The van der Waals surface area contributed by atoms with Crippen LogP contribution in [-0.4, -0.2) is 37.0 Å². The largest absolute Gasteiger partial charge is 0.494 e. The standard InChI is InChI=1S/C15H25NO3/c1-4-9-16-15(3,11-17)12-19-14-8-6-7-13(10-14)18-5-2/h6-8,10,16-17H,4-5,9,11-12H2,1-3H3. The van der Waals surface area contributed by atoms with Gasteiger partial charge in [0, 0.05) is 6.07 Å². The van der Waals surface area contributed by atoms with Crippen molar-refractivity contribution in [3.63, 3.8) is 0 Å². The van der Waals surface area contributed by atoms with Gasteiger partial charge in [0.05, 0.1) is 18.8 Å². The second-order valence-electron chi connectivity index (χ2n) is 4.84. The summed E-state index contributed by atoms with van der Waals surface area (Å²) in [5.41, 5.74) is -0.419. The zero-order valence-electron chi connectivity index (χ0n) is 12.1. The van der Waals surface area contributed by atoms with Crippen LogP contribution in [0.5, 0.6) is 11.5 Å². The van der Waals surface area contributed by atoms with Gasteiger partial charge in [-0.2, -0.15) is 0 Å². The predicted octanol–water partition coefficient (Wildman–Crippen LogP) is 2.21. The summed E-state index contributed by atoms with van der Waals surface area (Å²) in [6.07, 6.45) is 1.02. The van der Waals surface area contributed by atoms with Crippen molar-refractivity contribution in [1.29, 1.82) is 0 Å². The van der Waals surface area contributed by atoms with Crippen LogP contribution in [0.4, 0.5) is 0 Å². The van der Waals surface area contributed by atoms with E-state index < -0.39 is 5.54 Å². The Balaban J connectivity index is 2.56. The highest BCUT2D eigenvalue weighted by molar-refractivity contribution is 5.33. The van der Waals surface area contributed by atoms with Crippen LogP contribution in [0.3, 0.4) is 0 Å². The van der Waals surface area contributed by atoms with Gasteiger partial charge in [0.15, 0.2) is 0 Å². The second kappa shape index (κ2) is 8.02. The fourth-order valence-corrected chi connectivity index (χ4v) is 1.64.